The van der Waals surface area contributed by atoms with Crippen LogP contribution in [0.1, 0.15) is 102 Å². The van der Waals surface area contributed by atoms with Gasteiger partial charge in [0.25, 0.3) is 0 Å². The zero-order valence-corrected chi connectivity index (χ0v) is 39.1. The van der Waals surface area contributed by atoms with Crippen molar-refractivity contribution in [1.29, 1.82) is 0 Å². The van der Waals surface area contributed by atoms with E-state index in [9.17, 15) is 0 Å². The highest BCUT2D eigenvalue weighted by molar-refractivity contribution is 6.10. The molecule has 5 aliphatic carbocycles. The molecule has 2 heteroatoms. The summed E-state index contributed by atoms with van der Waals surface area (Å²) in [5.41, 5.74) is 24.9. The van der Waals surface area contributed by atoms with E-state index in [0.29, 0.717) is 11.8 Å². The average Bonchev–Trinajstić information content (AvgIpc) is 3.78. The minimum atomic E-state index is -0.249. The molecule has 5 aliphatic rings. The third-order valence-electron chi connectivity index (χ3n) is 16.0. The van der Waals surface area contributed by atoms with Gasteiger partial charge >= 0.3 is 0 Å². The summed E-state index contributed by atoms with van der Waals surface area (Å²) >= 11 is 0. The van der Waals surface area contributed by atoms with Crippen molar-refractivity contribution < 1.29 is 0 Å². The number of anilines is 5. The van der Waals surface area contributed by atoms with Crippen LogP contribution >= 0.6 is 0 Å². The van der Waals surface area contributed by atoms with E-state index >= 15 is 0 Å². The lowest BCUT2D eigenvalue weighted by molar-refractivity contribution is 0.530. The van der Waals surface area contributed by atoms with Gasteiger partial charge < -0.3 is 10.2 Å². The number of allylic oxidation sites excluding steroid dienone is 8. The summed E-state index contributed by atoms with van der Waals surface area (Å²) in [6.07, 6.45) is 11.7. The van der Waals surface area contributed by atoms with Crippen molar-refractivity contribution in [2.45, 2.75) is 84.5 Å². The van der Waals surface area contributed by atoms with E-state index in [1.165, 1.54) is 94.5 Å². The van der Waals surface area contributed by atoms with Crippen molar-refractivity contribution in [2.24, 2.45) is 11.8 Å². The molecule has 0 bridgehead atoms. The first-order chi connectivity index (χ1) is 31.3. The minimum absolute atomic E-state index is 0.0212. The van der Waals surface area contributed by atoms with Gasteiger partial charge in [-0.1, -0.05) is 165 Å². The zero-order chi connectivity index (χ0) is 44.6. The Morgan fingerprint density at radius 3 is 1.97 bits per heavy atom. The lowest BCUT2D eigenvalue weighted by Crippen LogP contribution is -2.23. The van der Waals surface area contributed by atoms with Gasteiger partial charge in [0, 0.05) is 49.9 Å². The van der Waals surface area contributed by atoms with E-state index in [-0.39, 0.29) is 16.2 Å². The molecule has 0 radical (unpaired) electrons. The lowest BCUT2D eigenvalue weighted by atomic mass is 9.74. The average molecular weight is 843 g/mol. The smallest absolute Gasteiger partial charge is 0.0621 e. The molecule has 7 aromatic carbocycles. The van der Waals surface area contributed by atoms with Crippen LogP contribution in [0.4, 0.5) is 28.4 Å². The molecule has 0 heterocycles. The summed E-state index contributed by atoms with van der Waals surface area (Å²) in [5.74, 6) is 1.09. The molecule has 320 valence electrons. The fraction of sp³-hybridized carbons (Fsp3) is 0.238. The van der Waals surface area contributed by atoms with Crippen molar-refractivity contribution >= 4 is 50.4 Å². The maximum atomic E-state index is 3.90. The molecule has 0 spiro atoms. The third-order valence-corrected chi connectivity index (χ3v) is 16.0. The van der Waals surface area contributed by atoms with Crippen LogP contribution in [-0.2, 0) is 16.2 Å². The van der Waals surface area contributed by atoms with Crippen molar-refractivity contribution in [3.05, 3.63) is 208 Å². The standard InChI is InChI=1S/C63H58N2/c1-38-21-32-53-52(33-38)49-29-24-43(35-54(49)61(53,3)4)64-44-25-30-51-55(36-44)62(5,6)57-34-42-18-12-13-19-47(42)60(58(51)57)65(45-26-22-41(23-27-45)40-16-10-9-11-17-40)46-28-31-48-50-20-14-15-39(2)59(50)63(7,8)56(48)37-46/h9-14,16-32,34-39,64H,15,33H2,1-8H3. The number of benzene rings is 7. The van der Waals surface area contributed by atoms with Gasteiger partial charge in [-0.25, -0.2) is 0 Å². The van der Waals surface area contributed by atoms with Crippen LogP contribution in [-0.4, -0.2) is 0 Å². The second-order valence-electron chi connectivity index (χ2n) is 21.2. The molecule has 0 saturated carbocycles. The summed E-state index contributed by atoms with van der Waals surface area (Å²) < 4.78 is 0. The van der Waals surface area contributed by atoms with Crippen LogP contribution in [0.25, 0.3) is 44.2 Å². The Bertz CT molecular complexity index is 3270. The summed E-state index contributed by atoms with van der Waals surface area (Å²) in [6, 6.07) is 53.0. The van der Waals surface area contributed by atoms with Crippen LogP contribution < -0.4 is 10.2 Å². The quantitative estimate of drug-likeness (QED) is 0.179. The molecule has 0 aliphatic heterocycles. The summed E-state index contributed by atoms with van der Waals surface area (Å²) in [4.78, 5) is 2.58. The Morgan fingerprint density at radius 1 is 0.554 bits per heavy atom. The third kappa shape index (κ3) is 5.92. The van der Waals surface area contributed by atoms with E-state index in [2.05, 4.69) is 229 Å². The van der Waals surface area contributed by atoms with E-state index in [1.807, 2.05) is 0 Å². The predicted octanol–water partition coefficient (Wildman–Crippen LogP) is 17.3. The zero-order valence-electron chi connectivity index (χ0n) is 39.1. The fourth-order valence-corrected chi connectivity index (χ4v) is 12.7. The van der Waals surface area contributed by atoms with Gasteiger partial charge in [0.15, 0.2) is 0 Å². The normalized spacial score (nSPS) is 20.0. The fourth-order valence-electron chi connectivity index (χ4n) is 12.7. The topological polar surface area (TPSA) is 15.3 Å². The van der Waals surface area contributed by atoms with Gasteiger partial charge in [0.1, 0.15) is 0 Å². The van der Waals surface area contributed by atoms with E-state index in [1.54, 1.807) is 5.57 Å². The van der Waals surface area contributed by atoms with Crippen molar-refractivity contribution in [3.63, 3.8) is 0 Å². The molecule has 2 nitrogen and oxygen atoms in total. The maximum absolute atomic E-state index is 3.90. The number of hydrogen-bond donors (Lipinski definition) is 1. The van der Waals surface area contributed by atoms with Crippen molar-refractivity contribution in [2.75, 3.05) is 10.2 Å². The molecule has 2 unspecified atom stereocenters. The van der Waals surface area contributed by atoms with Crippen LogP contribution in [0.15, 0.2) is 175 Å². The number of nitrogens with zero attached hydrogens (tertiary/aromatic N) is 1. The Morgan fingerprint density at radius 2 is 1.20 bits per heavy atom. The maximum Gasteiger partial charge on any atom is 0.0621 e. The van der Waals surface area contributed by atoms with Gasteiger partial charge in [0.05, 0.1) is 5.69 Å². The largest absolute Gasteiger partial charge is 0.356 e. The van der Waals surface area contributed by atoms with Crippen molar-refractivity contribution in [3.8, 4) is 22.3 Å². The Balaban J connectivity index is 1.02. The van der Waals surface area contributed by atoms with Gasteiger partial charge in [-0.15, -0.1) is 0 Å². The Kier molecular flexibility index (Phi) is 8.71. The molecule has 0 fully saturated rings. The lowest BCUT2D eigenvalue weighted by Gasteiger charge is -2.33. The summed E-state index contributed by atoms with van der Waals surface area (Å²) in [5, 5.41) is 6.40. The second kappa shape index (κ2) is 14.2. The molecule has 0 aromatic heterocycles. The van der Waals surface area contributed by atoms with E-state index in [0.717, 1.165) is 29.9 Å². The molecule has 7 aromatic rings. The minimum Gasteiger partial charge on any atom is -0.356 e. The van der Waals surface area contributed by atoms with E-state index in [4.69, 9.17) is 0 Å². The molecule has 65 heavy (non-hydrogen) atoms. The molecular formula is C63H58N2. The molecule has 0 saturated heterocycles. The van der Waals surface area contributed by atoms with E-state index < -0.39 is 0 Å². The first-order valence-electron chi connectivity index (χ1n) is 23.9. The Labute approximate surface area is 385 Å². The van der Waals surface area contributed by atoms with Crippen LogP contribution in [0.5, 0.6) is 0 Å². The van der Waals surface area contributed by atoms with Gasteiger partial charge in [-0.2, -0.15) is 0 Å². The molecule has 12 rings (SSSR count). The highest BCUT2D eigenvalue weighted by atomic mass is 15.1. The van der Waals surface area contributed by atoms with Crippen LogP contribution in [0.3, 0.4) is 0 Å². The highest BCUT2D eigenvalue weighted by Crippen LogP contribution is 2.59. The number of rotatable bonds is 6. The molecule has 0 amide bonds. The SMILES string of the molecule is CC1C=CC2=C(C1)c1ccc(Nc3ccc4c(c3)C(C)(C)c3cc5ccccc5c(N(c5ccc(-c6ccccc6)cc5)c5ccc6c(c5)C(C)(C)C5=C6C=CCC5C)c3-4)cc1C2(C)C. The highest BCUT2D eigenvalue weighted by Gasteiger charge is 2.43. The predicted molar refractivity (Wildman–Crippen MR) is 277 cm³/mol. The second-order valence-corrected chi connectivity index (χ2v) is 21.2. The monoisotopic (exact) mass is 842 g/mol. The van der Waals surface area contributed by atoms with Crippen molar-refractivity contribution in [1.82, 2.24) is 0 Å². The van der Waals surface area contributed by atoms with Gasteiger partial charge in [-0.3, -0.25) is 0 Å². The number of fused-ring (bicyclic) bond motifs is 8. The number of nitrogens with one attached hydrogen (secondary N) is 1. The molecule has 2 atom stereocenters. The van der Waals surface area contributed by atoms with Gasteiger partial charge in [-0.05, 0) is 157 Å². The summed E-state index contributed by atoms with van der Waals surface area (Å²) in [6.45, 7) is 19.2. The molecule has 1 N–H and O–H groups in total. The first-order valence-corrected chi connectivity index (χ1v) is 23.9. The molecular weight excluding hydrogens is 785 g/mol. The van der Waals surface area contributed by atoms with Crippen LogP contribution in [0.2, 0.25) is 0 Å². The number of hydrogen-bond acceptors (Lipinski definition) is 2. The first kappa shape index (κ1) is 39.9. The Hall–Kier alpha value is -6.64. The van der Waals surface area contributed by atoms with Crippen LogP contribution in [0, 0.1) is 11.8 Å². The summed E-state index contributed by atoms with van der Waals surface area (Å²) in [7, 11) is 0. The van der Waals surface area contributed by atoms with Gasteiger partial charge in [0.2, 0.25) is 0 Å².